The fraction of sp³-hybridized carbons (Fsp3) is 0.238. The number of hydrogen-bond donors (Lipinski definition) is 5. The smallest absolute Gasteiger partial charge is 0.231 e. The minimum atomic E-state index is -0.842. The lowest BCUT2D eigenvalue weighted by Crippen LogP contribution is -2.16. The number of rotatable bonds is 9. The van der Waals surface area contributed by atoms with E-state index in [9.17, 15) is 9.50 Å². The van der Waals surface area contributed by atoms with Crippen LogP contribution in [0.5, 0.6) is 11.5 Å². The van der Waals surface area contributed by atoms with Gasteiger partial charge in [0.05, 0.1) is 20.3 Å². The van der Waals surface area contributed by atoms with Gasteiger partial charge in [-0.15, -0.1) is 0 Å². The Morgan fingerprint density at radius 1 is 1.03 bits per heavy atom. The van der Waals surface area contributed by atoms with Crippen LogP contribution in [0.3, 0.4) is 0 Å². The third kappa shape index (κ3) is 5.50. The summed E-state index contributed by atoms with van der Waals surface area (Å²) in [5.41, 5.74) is 4.47. The van der Waals surface area contributed by atoms with Crippen LogP contribution < -0.4 is 31.4 Å². The quantitative estimate of drug-likeness (QED) is 0.258. The van der Waals surface area contributed by atoms with Crippen molar-refractivity contribution < 1.29 is 19.0 Å². The second-order valence-electron chi connectivity index (χ2n) is 6.70. The number of hydrazine groups is 1. The number of nitrogens with zero attached hydrogens (tertiary/aromatic N) is 2. The number of nitrogens with one attached hydrogen (secondary N) is 3. The predicted octanol–water partition coefficient (Wildman–Crippen LogP) is 3.12. The number of methoxy groups -OCH3 is 2. The van der Waals surface area contributed by atoms with Crippen molar-refractivity contribution in [1.82, 2.24) is 9.97 Å². The number of ether oxygens (including phenoxy) is 2. The summed E-state index contributed by atoms with van der Waals surface area (Å²) in [5.74, 6) is 7.20. The summed E-state index contributed by atoms with van der Waals surface area (Å²) in [5, 5.41) is 16.6. The van der Waals surface area contributed by atoms with Gasteiger partial charge in [0.25, 0.3) is 0 Å². The Bertz CT molecular complexity index is 1050. The largest absolute Gasteiger partial charge is 0.493 e. The van der Waals surface area contributed by atoms with Gasteiger partial charge in [0.1, 0.15) is 17.5 Å². The van der Waals surface area contributed by atoms with Crippen LogP contribution in [0.1, 0.15) is 17.2 Å². The Morgan fingerprint density at radius 2 is 1.77 bits per heavy atom. The van der Waals surface area contributed by atoms with Gasteiger partial charge in [-0.1, -0.05) is 12.1 Å². The lowest BCUT2D eigenvalue weighted by atomic mass is 10.1. The molecule has 0 spiro atoms. The molecule has 1 aromatic heterocycles. The van der Waals surface area contributed by atoms with Crippen LogP contribution in [0, 0.1) is 12.7 Å². The summed E-state index contributed by atoms with van der Waals surface area (Å²) in [4.78, 5) is 8.60. The Labute approximate surface area is 179 Å². The van der Waals surface area contributed by atoms with Crippen molar-refractivity contribution in [2.24, 2.45) is 5.84 Å². The fourth-order valence-corrected chi connectivity index (χ4v) is 2.90. The highest BCUT2D eigenvalue weighted by atomic mass is 19.1. The molecule has 0 saturated carbocycles. The molecule has 0 aliphatic rings. The standard InChI is InChI=1S/C21H25FN6O3/c1-12-4-6-14(22)9-15(12)25-21-26-19(10-20(27-21)28-23)24-11-16(29)13-5-7-17(30-2)18(8-13)31-3/h4-10,16,29H,11,23H2,1-3H3,(H3,24,25,26,27,28). The van der Waals surface area contributed by atoms with Gasteiger partial charge in [-0.25, -0.2) is 10.2 Å². The van der Waals surface area contributed by atoms with E-state index in [2.05, 4.69) is 26.0 Å². The van der Waals surface area contributed by atoms with E-state index in [0.29, 0.717) is 34.4 Å². The molecule has 10 heteroatoms. The molecule has 1 atom stereocenters. The minimum Gasteiger partial charge on any atom is -0.493 e. The van der Waals surface area contributed by atoms with Crippen LogP contribution in [-0.2, 0) is 0 Å². The monoisotopic (exact) mass is 428 g/mol. The lowest BCUT2D eigenvalue weighted by Gasteiger charge is -2.16. The molecule has 2 aromatic carbocycles. The number of aryl methyl sites for hydroxylation is 1. The maximum atomic E-state index is 13.6. The maximum absolute atomic E-state index is 13.6. The molecule has 0 radical (unpaired) electrons. The molecule has 9 nitrogen and oxygen atoms in total. The molecule has 31 heavy (non-hydrogen) atoms. The zero-order valence-corrected chi connectivity index (χ0v) is 17.4. The number of aliphatic hydroxyl groups is 1. The number of nitrogens with two attached hydrogens (primary N) is 1. The number of anilines is 4. The average molecular weight is 428 g/mol. The highest BCUT2D eigenvalue weighted by molar-refractivity contribution is 5.61. The van der Waals surface area contributed by atoms with Crippen molar-refractivity contribution in [3.8, 4) is 11.5 Å². The number of halogens is 1. The molecule has 0 amide bonds. The summed E-state index contributed by atoms with van der Waals surface area (Å²) in [6.07, 6.45) is -0.842. The number of nitrogen functional groups attached to an aromatic ring is 1. The minimum absolute atomic E-state index is 0.162. The molecule has 1 unspecified atom stereocenters. The van der Waals surface area contributed by atoms with E-state index in [4.69, 9.17) is 15.3 Å². The van der Waals surface area contributed by atoms with E-state index in [1.165, 1.54) is 19.2 Å². The SMILES string of the molecule is COc1ccc(C(O)CNc2cc(NN)nc(Nc3cc(F)ccc3C)n2)cc1OC. The zero-order chi connectivity index (χ0) is 22.4. The van der Waals surface area contributed by atoms with Crippen molar-refractivity contribution in [3.63, 3.8) is 0 Å². The predicted molar refractivity (Wildman–Crippen MR) is 117 cm³/mol. The van der Waals surface area contributed by atoms with Crippen LogP contribution in [-0.4, -0.2) is 35.8 Å². The Kier molecular flexibility index (Phi) is 7.06. The number of aliphatic hydroxyl groups excluding tert-OH is 1. The van der Waals surface area contributed by atoms with Gasteiger partial charge in [0, 0.05) is 18.3 Å². The average Bonchev–Trinajstić information content (AvgIpc) is 2.79. The Morgan fingerprint density at radius 3 is 2.48 bits per heavy atom. The normalized spacial score (nSPS) is 11.5. The van der Waals surface area contributed by atoms with Crippen molar-refractivity contribution >= 4 is 23.3 Å². The van der Waals surface area contributed by atoms with Crippen LogP contribution in [0.25, 0.3) is 0 Å². The van der Waals surface area contributed by atoms with Crippen LogP contribution in [0.2, 0.25) is 0 Å². The summed E-state index contributed by atoms with van der Waals surface area (Å²) >= 11 is 0. The van der Waals surface area contributed by atoms with E-state index < -0.39 is 6.10 Å². The Hall–Kier alpha value is -3.63. The number of hydrogen-bond acceptors (Lipinski definition) is 9. The first-order chi connectivity index (χ1) is 14.9. The topological polar surface area (TPSA) is 127 Å². The summed E-state index contributed by atoms with van der Waals surface area (Å²) in [7, 11) is 3.08. The molecule has 0 fully saturated rings. The van der Waals surface area contributed by atoms with Crippen molar-refractivity contribution in [3.05, 3.63) is 59.4 Å². The molecular weight excluding hydrogens is 403 g/mol. The summed E-state index contributed by atoms with van der Waals surface area (Å²) < 4.78 is 24.1. The molecule has 6 N–H and O–H groups in total. The van der Waals surface area contributed by atoms with E-state index in [-0.39, 0.29) is 18.3 Å². The van der Waals surface area contributed by atoms with Gasteiger partial charge in [-0.05, 0) is 42.3 Å². The van der Waals surface area contributed by atoms with Gasteiger partial charge < -0.3 is 30.6 Å². The second-order valence-corrected chi connectivity index (χ2v) is 6.70. The van der Waals surface area contributed by atoms with Gasteiger partial charge >= 0.3 is 0 Å². The molecule has 164 valence electrons. The molecule has 0 aliphatic heterocycles. The summed E-state index contributed by atoms with van der Waals surface area (Å²) in [6.45, 7) is 2.00. The first kappa shape index (κ1) is 22.1. The zero-order valence-electron chi connectivity index (χ0n) is 17.4. The number of benzene rings is 2. The molecule has 0 bridgehead atoms. The first-order valence-electron chi connectivity index (χ1n) is 9.46. The van der Waals surface area contributed by atoms with E-state index >= 15 is 0 Å². The van der Waals surface area contributed by atoms with E-state index in [1.54, 1.807) is 37.4 Å². The second kappa shape index (κ2) is 9.92. The van der Waals surface area contributed by atoms with Crippen molar-refractivity contribution in [1.29, 1.82) is 0 Å². The number of aromatic nitrogens is 2. The molecule has 1 heterocycles. The summed E-state index contributed by atoms with van der Waals surface area (Å²) in [6, 6.07) is 11.2. The molecule has 3 aromatic rings. The van der Waals surface area contributed by atoms with Gasteiger partial charge in [0.15, 0.2) is 11.5 Å². The lowest BCUT2D eigenvalue weighted by molar-refractivity contribution is 0.191. The van der Waals surface area contributed by atoms with Crippen molar-refractivity contribution in [2.45, 2.75) is 13.0 Å². The maximum Gasteiger partial charge on any atom is 0.231 e. The highest BCUT2D eigenvalue weighted by Gasteiger charge is 2.13. The van der Waals surface area contributed by atoms with Crippen LogP contribution in [0.4, 0.5) is 27.7 Å². The fourth-order valence-electron chi connectivity index (χ4n) is 2.90. The molecular formula is C21H25FN6O3. The van der Waals surface area contributed by atoms with Crippen LogP contribution >= 0.6 is 0 Å². The first-order valence-corrected chi connectivity index (χ1v) is 9.46. The van der Waals surface area contributed by atoms with E-state index in [1.807, 2.05) is 6.92 Å². The van der Waals surface area contributed by atoms with Crippen molar-refractivity contribution in [2.75, 3.05) is 36.8 Å². The van der Waals surface area contributed by atoms with Gasteiger partial charge in [0.2, 0.25) is 5.95 Å². The van der Waals surface area contributed by atoms with E-state index in [0.717, 1.165) is 5.56 Å². The van der Waals surface area contributed by atoms with Crippen LogP contribution in [0.15, 0.2) is 42.5 Å². The van der Waals surface area contributed by atoms with Gasteiger partial charge in [-0.3, -0.25) is 0 Å². The van der Waals surface area contributed by atoms with Gasteiger partial charge in [-0.2, -0.15) is 9.97 Å². The molecule has 3 rings (SSSR count). The third-order valence-corrected chi connectivity index (χ3v) is 4.59. The molecule has 0 aliphatic carbocycles. The Balaban J connectivity index is 1.75. The highest BCUT2D eigenvalue weighted by Crippen LogP contribution is 2.30. The molecule has 0 saturated heterocycles. The third-order valence-electron chi connectivity index (χ3n) is 4.59.